The molecule has 2 rings (SSSR count). The topological polar surface area (TPSA) is 127 Å². The maximum atomic E-state index is 13.0. The average molecular weight is 388 g/mol. The number of carbonyl (C=O) groups excluding carboxylic acids is 3. The molecule has 0 aliphatic rings. The highest BCUT2D eigenvalue weighted by atomic mass is 16.5. The van der Waals surface area contributed by atoms with Crippen molar-refractivity contribution in [2.45, 2.75) is 13.8 Å². The summed E-state index contributed by atoms with van der Waals surface area (Å²) in [5.74, 6) is -2.76. The first-order valence-corrected chi connectivity index (χ1v) is 8.44. The van der Waals surface area contributed by atoms with Gasteiger partial charge in [0.2, 0.25) is 0 Å². The van der Waals surface area contributed by atoms with Crippen molar-refractivity contribution in [3.05, 3.63) is 57.4 Å². The molecule has 0 unspecified atom stereocenters. The van der Waals surface area contributed by atoms with Gasteiger partial charge in [-0.15, -0.1) is 0 Å². The zero-order valence-corrected chi connectivity index (χ0v) is 15.7. The van der Waals surface area contributed by atoms with Crippen LogP contribution in [0.15, 0.2) is 35.1 Å². The summed E-state index contributed by atoms with van der Waals surface area (Å²) in [5, 5.41) is 0. The lowest BCUT2D eigenvalue weighted by molar-refractivity contribution is 0.0522. The number of pyridine rings is 1. The number of esters is 3. The minimum Gasteiger partial charge on any atom is -0.465 e. The van der Waals surface area contributed by atoms with E-state index in [0.29, 0.717) is 0 Å². The van der Waals surface area contributed by atoms with E-state index in [1.54, 1.807) is 26.0 Å². The number of methoxy groups -OCH3 is 1. The van der Waals surface area contributed by atoms with Crippen LogP contribution in [-0.4, -0.2) is 42.8 Å². The van der Waals surface area contributed by atoms with Crippen LogP contribution in [0.1, 0.15) is 44.9 Å². The number of nitrogens with zero attached hydrogens (tertiary/aromatic N) is 1. The molecule has 0 saturated heterocycles. The zero-order valence-electron chi connectivity index (χ0n) is 15.7. The lowest BCUT2D eigenvalue weighted by atomic mass is 10.1. The Kier molecular flexibility index (Phi) is 6.54. The van der Waals surface area contributed by atoms with E-state index in [0.717, 1.165) is 10.6 Å². The summed E-state index contributed by atoms with van der Waals surface area (Å²) >= 11 is 0. The van der Waals surface area contributed by atoms with Crippen LogP contribution in [0.2, 0.25) is 0 Å². The van der Waals surface area contributed by atoms with Crippen molar-refractivity contribution < 1.29 is 28.6 Å². The monoisotopic (exact) mass is 388 g/mol. The number of para-hydroxylation sites is 1. The summed E-state index contributed by atoms with van der Waals surface area (Å²) in [6.45, 7) is 3.26. The van der Waals surface area contributed by atoms with Gasteiger partial charge in [-0.2, -0.15) is 0 Å². The summed E-state index contributed by atoms with van der Waals surface area (Å²) in [4.78, 5) is 49.6. The summed E-state index contributed by atoms with van der Waals surface area (Å²) in [6.07, 6.45) is 0. The van der Waals surface area contributed by atoms with Crippen LogP contribution in [0.3, 0.4) is 0 Å². The molecule has 0 fully saturated rings. The number of nitrogens with two attached hydrogens (primary N) is 1. The van der Waals surface area contributed by atoms with Crippen molar-refractivity contribution in [1.29, 1.82) is 0 Å². The van der Waals surface area contributed by atoms with Gasteiger partial charge in [-0.25, -0.2) is 14.4 Å². The smallest absolute Gasteiger partial charge is 0.343 e. The quantitative estimate of drug-likeness (QED) is 0.583. The van der Waals surface area contributed by atoms with E-state index in [-0.39, 0.29) is 35.8 Å². The second-order valence-corrected chi connectivity index (χ2v) is 5.45. The molecule has 1 aromatic heterocycles. The Bertz CT molecular complexity index is 979. The molecule has 148 valence electrons. The Morgan fingerprint density at radius 2 is 1.50 bits per heavy atom. The van der Waals surface area contributed by atoms with E-state index in [2.05, 4.69) is 0 Å². The molecular formula is C19H20N2O7. The van der Waals surface area contributed by atoms with Crippen LogP contribution >= 0.6 is 0 Å². The molecular weight excluding hydrogens is 368 g/mol. The summed E-state index contributed by atoms with van der Waals surface area (Å²) in [5.41, 5.74) is 4.66. The number of carbonyl (C=O) groups is 3. The van der Waals surface area contributed by atoms with Crippen LogP contribution in [0.4, 0.5) is 5.82 Å². The molecule has 0 bridgehead atoms. The SMILES string of the molecule is CCOC(=O)c1cc(C(=O)OCC)c(=O)n(-c2ccccc2C(=O)OC)c1N. The summed E-state index contributed by atoms with van der Waals surface area (Å²) in [6, 6.07) is 7.03. The lowest BCUT2D eigenvalue weighted by Crippen LogP contribution is -2.31. The second kappa shape index (κ2) is 8.85. The minimum atomic E-state index is -0.928. The van der Waals surface area contributed by atoms with Gasteiger partial charge in [-0.1, -0.05) is 12.1 Å². The Labute approximate surface area is 160 Å². The van der Waals surface area contributed by atoms with Gasteiger partial charge in [-0.3, -0.25) is 9.36 Å². The van der Waals surface area contributed by atoms with Gasteiger partial charge in [0.25, 0.3) is 5.56 Å². The van der Waals surface area contributed by atoms with Crippen LogP contribution in [0.5, 0.6) is 0 Å². The molecule has 2 N–H and O–H groups in total. The molecule has 9 heteroatoms. The average Bonchev–Trinajstić information content (AvgIpc) is 2.68. The fourth-order valence-corrected chi connectivity index (χ4v) is 2.55. The molecule has 1 heterocycles. The van der Waals surface area contributed by atoms with E-state index in [4.69, 9.17) is 19.9 Å². The molecule has 0 radical (unpaired) electrons. The molecule has 0 amide bonds. The highest BCUT2D eigenvalue weighted by Crippen LogP contribution is 2.22. The molecule has 0 spiro atoms. The van der Waals surface area contributed by atoms with Crippen molar-refractivity contribution in [2.75, 3.05) is 26.1 Å². The van der Waals surface area contributed by atoms with E-state index in [9.17, 15) is 19.2 Å². The molecule has 1 aromatic carbocycles. The normalized spacial score (nSPS) is 10.2. The largest absolute Gasteiger partial charge is 0.465 e. The van der Waals surface area contributed by atoms with Crippen molar-refractivity contribution in [3.63, 3.8) is 0 Å². The number of hydrogen-bond donors (Lipinski definition) is 1. The molecule has 28 heavy (non-hydrogen) atoms. The van der Waals surface area contributed by atoms with Crippen LogP contribution < -0.4 is 11.3 Å². The fraction of sp³-hybridized carbons (Fsp3) is 0.263. The summed E-state index contributed by atoms with van der Waals surface area (Å²) in [7, 11) is 1.18. The van der Waals surface area contributed by atoms with Crippen molar-refractivity contribution in [2.24, 2.45) is 0 Å². The number of hydrogen-bond acceptors (Lipinski definition) is 8. The van der Waals surface area contributed by atoms with Gasteiger partial charge in [0.15, 0.2) is 0 Å². The van der Waals surface area contributed by atoms with Gasteiger partial charge in [0.1, 0.15) is 16.9 Å². The Balaban J connectivity index is 2.87. The van der Waals surface area contributed by atoms with Crippen LogP contribution in [0.25, 0.3) is 5.69 Å². The van der Waals surface area contributed by atoms with Crippen molar-refractivity contribution in [1.82, 2.24) is 4.57 Å². The lowest BCUT2D eigenvalue weighted by Gasteiger charge is -2.17. The number of anilines is 1. The Morgan fingerprint density at radius 1 is 0.929 bits per heavy atom. The van der Waals surface area contributed by atoms with E-state index >= 15 is 0 Å². The first-order valence-electron chi connectivity index (χ1n) is 8.44. The maximum absolute atomic E-state index is 13.0. The van der Waals surface area contributed by atoms with Gasteiger partial charge < -0.3 is 19.9 Å². The summed E-state index contributed by atoms with van der Waals surface area (Å²) < 4.78 is 15.5. The fourth-order valence-electron chi connectivity index (χ4n) is 2.55. The van der Waals surface area contributed by atoms with Crippen LogP contribution in [0, 0.1) is 0 Å². The third-order valence-corrected chi connectivity index (χ3v) is 3.78. The second-order valence-electron chi connectivity index (χ2n) is 5.45. The Morgan fingerprint density at radius 3 is 2.07 bits per heavy atom. The molecule has 0 saturated carbocycles. The van der Waals surface area contributed by atoms with Crippen molar-refractivity contribution in [3.8, 4) is 5.69 Å². The van der Waals surface area contributed by atoms with Gasteiger partial charge >= 0.3 is 17.9 Å². The van der Waals surface area contributed by atoms with Gasteiger partial charge in [0, 0.05) is 0 Å². The maximum Gasteiger partial charge on any atom is 0.343 e. The van der Waals surface area contributed by atoms with Crippen molar-refractivity contribution >= 4 is 23.7 Å². The number of nitrogen functional groups attached to an aromatic ring is 1. The predicted octanol–water partition coefficient (Wildman–Crippen LogP) is 1.56. The molecule has 0 atom stereocenters. The molecule has 0 aliphatic heterocycles. The van der Waals surface area contributed by atoms with Crippen LogP contribution in [-0.2, 0) is 14.2 Å². The standard InChI is InChI=1S/C19H20N2O7/c1-4-27-18(24)12-10-13(19(25)28-5-2)16(22)21(15(12)20)14-9-7-6-8-11(14)17(23)26-3/h6-10H,4-5,20H2,1-3H3. The van der Waals surface area contributed by atoms with Gasteiger partial charge in [0.05, 0.1) is 31.6 Å². The third-order valence-electron chi connectivity index (χ3n) is 3.78. The first kappa shape index (κ1) is 20.7. The Hall–Kier alpha value is -3.62. The minimum absolute atomic E-state index is 0.0228. The van der Waals surface area contributed by atoms with E-state index in [1.165, 1.54) is 19.2 Å². The number of benzene rings is 1. The molecule has 0 aliphatic carbocycles. The van der Waals surface area contributed by atoms with E-state index in [1.807, 2.05) is 0 Å². The van der Waals surface area contributed by atoms with E-state index < -0.39 is 29.0 Å². The zero-order chi connectivity index (χ0) is 20.8. The first-order chi connectivity index (χ1) is 13.4. The molecule has 2 aromatic rings. The highest BCUT2D eigenvalue weighted by molar-refractivity contribution is 5.99. The van der Waals surface area contributed by atoms with Gasteiger partial charge in [-0.05, 0) is 32.0 Å². The number of aromatic nitrogens is 1. The highest BCUT2D eigenvalue weighted by Gasteiger charge is 2.26. The number of ether oxygens (including phenoxy) is 3. The molecule has 9 nitrogen and oxygen atoms in total. The third kappa shape index (κ3) is 3.88. The number of rotatable bonds is 6. The predicted molar refractivity (Wildman–Crippen MR) is 99.7 cm³/mol.